The maximum atomic E-state index is 11.8. The molecule has 0 aliphatic rings. The van der Waals surface area contributed by atoms with Crippen LogP contribution in [0.3, 0.4) is 0 Å². The minimum atomic E-state index is -0.331. The van der Waals surface area contributed by atoms with Gasteiger partial charge in [-0.25, -0.2) is 0 Å². The van der Waals surface area contributed by atoms with Crippen molar-refractivity contribution in [3.8, 4) is 11.4 Å². The number of aromatic nitrogens is 2. The molecule has 0 aliphatic heterocycles. The molecule has 0 spiro atoms. The molecule has 0 atom stereocenters. The first-order chi connectivity index (χ1) is 8.11. The highest BCUT2D eigenvalue weighted by Crippen LogP contribution is 2.13. The fourth-order valence-corrected chi connectivity index (χ4v) is 1.71. The Morgan fingerprint density at radius 1 is 1.29 bits per heavy atom. The molecule has 0 amide bonds. The molecule has 0 bridgehead atoms. The summed E-state index contributed by atoms with van der Waals surface area (Å²) in [7, 11) is 1.59. The molecule has 1 aromatic heterocycles. The number of ether oxygens (including phenoxy) is 1. The largest absolute Gasteiger partial charge is 0.497 e. The SMILES string of the molecule is COc1ccc(-n2nc(C)cc(Cl)c2=O)cc1. The van der Waals surface area contributed by atoms with Crippen molar-refractivity contribution >= 4 is 11.6 Å². The minimum absolute atomic E-state index is 0.160. The second-order valence-corrected chi connectivity index (χ2v) is 3.96. The number of methoxy groups -OCH3 is 1. The van der Waals surface area contributed by atoms with Crippen LogP contribution in [0.2, 0.25) is 5.02 Å². The second-order valence-electron chi connectivity index (χ2n) is 3.55. The molecular weight excluding hydrogens is 240 g/mol. The summed E-state index contributed by atoms with van der Waals surface area (Å²) in [5, 5.41) is 4.30. The van der Waals surface area contributed by atoms with Crippen molar-refractivity contribution in [2.75, 3.05) is 7.11 Å². The van der Waals surface area contributed by atoms with Crippen LogP contribution in [0.1, 0.15) is 5.69 Å². The Labute approximate surface area is 103 Å². The number of hydrogen-bond acceptors (Lipinski definition) is 3. The zero-order valence-corrected chi connectivity index (χ0v) is 10.2. The molecule has 2 aromatic rings. The first kappa shape index (κ1) is 11.7. The molecule has 1 heterocycles. The summed E-state index contributed by atoms with van der Waals surface area (Å²) < 4.78 is 6.32. The van der Waals surface area contributed by atoms with Gasteiger partial charge in [-0.3, -0.25) is 4.79 Å². The van der Waals surface area contributed by atoms with Crippen molar-refractivity contribution in [2.45, 2.75) is 6.92 Å². The molecule has 5 heteroatoms. The van der Waals surface area contributed by atoms with Gasteiger partial charge in [-0.05, 0) is 37.3 Å². The first-order valence-electron chi connectivity index (χ1n) is 5.03. The van der Waals surface area contributed by atoms with E-state index in [4.69, 9.17) is 16.3 Å². The van der Waals surface area contributed by atoms with Crippen molar-refractivity contribution in [1.82, 2.24) is 9.78 Å². The van der Waals surface area contributed by atoms with Crippen LogP contribution < -0.4 is 10.3 Å². The van der Waals surface area contributed by atoms with Crippen LogP contribution in [0.15, 0.2) is 35.1 Å². The molecule has 17 heavy (non-hydrogen) atoms. The second kappa shape index (κ2) is 4.59. The normalized spacial score (nSPS) is 10.3. The maximum Gasteiger partial charge on any atom is 0.290 e. The van der Waals surface area contributed by atoms with Crippen molar-refractivity contribution in [2.24, 2.45) is 0 Å². The van der Waals surface area contributed by atoms with Crippen LogP contribution in [-0.4, -0.2) is 16.9 Å². The number of hydrogen-bond donors (Lipinski definition) is 0. The van der Waals surface area contributed by atoms with E-state index in [1.165, 1.54) is 4.68 Å². The predicted octanol–water partition coefficient (Wildman–Crippen LogP) is 2.20. The zero-order chi connectivity index (χ0) is 12.4. The van der Waals surface area contributed by atoms with Gasteiger partial charge < -0.3 is 4.74 Å². The highest BCUT2D eigenvalue weighted by Gasteiger charge is 2.06. The molecule has 0 N–H and O–H groups in total. The third-order valence-corrected chi connectivity index (χ3v) is 2.58. The average molecular weight is 251 g/mol. The molecule has 0 fully saturated rings. The molecule has 0 aliphatic carbocycles. The summed E-state index contributed by atoms with van der Waals surface area (Å²) >= 11 is 5.83. The Morgan fingerprint density at radius 3 is 2.53 bits per heavy atom. The summed E-state index contributed by atoms with van der Waals surface area (Å²) in [6, 6.07) is 8.58. The Kier molecular flexibility index (Phi) is 3.15. The third-order valence-electron chi connectivity index (χ3n) is 2.31. The zero-order valence-electron chi connectivity index (χ0n) is 9.48. The van der Waals surface area contributed by atoms with Gasteiger partial charge in [0.1, 0.15) is 10.8 Å². The number of nitrogens with zero attached hydrogens (tertiary/aromatic N) is 2. The van der Waals surface area contributed by atoms with Crippen molar-refractivity contribution < 1.29 is 4.74 Å². The molecule has 0 saturated carbocycles. The molecule has 0 radical (unpaired) electrons. The van der Waals surface area contributed by atoms with E-state index < -0.39 is 0 Å². The van der Waals surface area contributed by atoms with E-state index in [1.54, 1.807) is 44.4 Å². The quantitative estimate of drug-likeness (QED) is 0.821. The minimum Gasteiger partial charge on any atom is -0.497 e. The summed E-state index contributed by atoms with van der Waals surface area (Å²) in [4.78, 5) is 11.8. The lowest BCUT2D eigenvalue weighted by Crippen LogP contribution is -2.22. The smallest absolute Gasteiger partial charge is 0.290 e. The van der Waals surface area contributed by atoms with Crippen molar-refractivity contribution in [3.05, 3.63) is 51.4 Å². The van der Waals surface area contributed by atoms with Crippen LogP contribution in [-0.2, 0) is 0 Å². The Morgan fingerprint density at radius 2 is 1.94 bits per heavy atom. The van der Waals surface area contributed by atoms with Gasteiger partial charge in [-0.2, -0.15) is 9.78 Å². The number of aryl methyl sites for hydroxylation is 1. The lowest BCUT2D eigenvalue weighted by atomic mass is 10.3. The standard InChI is InChI=1S/C12H11ClN2O2/c1-8-7-11(13)12(16)15(14-8)9-3-5-10(17-2)6-4-9/h3-7H,1-2H3. The fourth-order valence-electron chi connectivity index (χ4n) is 1.48. The number of benzene rings is 1. The van der Waals surface area contributed by atoms with Gasteiger partial charge in [0.05, 0.1) is 18.5 Å². The molecule has 88 valence electrons. The van der Waals surface area contributed by atoms with Crippen molar-refractivity contribution in [3.63, 3.8) is 0 Å². The van der Waals surface area contributed by atoms with E-state index >= 15 is 0 Å². The van der Waals surface area contributed by atoms with Crippen LogP contribution in [0.5, 0.6) is 5.75 Å². The fraction of sp³-hybridized carbons (Fsp3) is 0.167. The summed E-state index contributed by atoms with van der Waals surface area (Å²) in [6.45, 7) is 1.78. The van der Waals surface area contributed by atoms with Gasteiger partial charge in [0, 0.05) is 0 Å². The molecule has 1 aromatic carbocycles. The van der Waals surface area contributed by atoms with Gasteiger partial charge in [-0.1, -0.05) is 11.6 Å². The Balaban J connectivity index is 2.56. The summed E-state index contributed by atoms with van der Waals surface area (Å²) in [6.07, 6.45) is 0. The molecule has 4 nitrogen and oxygen atoms in total. The molecule has 2 rings (SSSR count). The van der Waals surface area contributed by atoms with E-state index in [9.17, 15) is 4.79 Å². The van der Waals surface area contributed by atoms with Gasteiger partial charge in [0.2, 0.25) is 0 Å². The Hall–Kier alpha value is -1.81. The van der Waals surface area contributed by atoms with Gasteiger partial charge in [0.15, 0.2) is 0 Å². The summed E-state index contributed by atoms with van der Waals surface area (Å²) in [5.74, 6) is 0.723. The molecule has 0 unspecified atom stereocenters. The highest BCUT2D eigenvalue weighted by molar-refractivity contribution is 6.30. The van der Waals surface area contributed by atoms with E-state index in [-0.39, 0.29) is 10.6 Å². The van der Waals surface area contributed by atoms with E-state index in [1.807, 2.05) is 0 Å². The van der Waals surface area contributed by atoms with E-state index in [0.717, 1.165) is 5.75 Å². The summed E-state index contributed by atoms with van der Waals surface area (Å²) in [5.41, 5.74) is 1.01. The van der Waals surface area contributed by atoms with E-state index in [0.29, 0.717) is 11.4 Å². The van der Waals surface area contributed by atoms with Crippen LogP contribution >= 0.6 is 11.6 Å². The third kappa shape index (κ3) is 2.31. The van der Waals surface area contributed by atoms with Crippen molar-refractivity contribution in [1.29, 1.82) is 0 Å². The number of rotatable bonds is 2. The first-order valence-corrected chi connectivity index (χ1v) is 5.40. The van der Waals surface area contributed by atoms with Gasteiger partial charge >= 0.3 is 0 Å². The Bertz CT molecular complexity index is 590. The highest BCUT2D eigenvalue weighted by atomic mass is 35.5. The average Bonchev–Trinajstić information content (AvgIpc) is 2.34. The van der Waals surface area contributed by atoms with Gasteiger partial charge in [-0.15, -0.1) is 0 Å². The number of halogens is 1. The van der Waals surface area contributed by atoms with Crippen LogP contribution in [0.4, 0.5) is 0 Å². The topological polar surface area (TPSA) is 44.1 Å². The van der Waals surface area contributed by atoms with E-state index in [2.05, 4.69) is 5.10 Å². The van der Waals surface area contributed by atoms with Crippen LogP contribution in [0, 0.1) is 6.92 Å². The lowest BCUT2D eigenvalue weighted by Gasteiger charge is -2.07. The lowest BCUT2D eigenvalue weighted by molar-refractivity contribution is 0.414. The predicted molar refractivity (Wildman–Crippen MR) is 66.1 cm³/mol. The molecular formula is C12H11ClN2O2. The maximum absolute atomic E-state index is 11.8. The molecule has 0 saturated heterocycles. The van der Waals surface area contributed by atoms with Gasteiger partial charge in [0.25, 0.3) is 5.56 Å². The monoisotopic (exact) mass is 250 g/mol. The van der Waals surface area contributed by atoms with Crippen LogP contribution in [0.25, 0.3) is 5.69 Å².